The smallest absolute Gasteiger partial charge is 0.309 e. The second kappa shape index (κ2) is 16.0. The van der Waals surface area contributed by atoms with Gasteiger partial charge in [-0.25, -0.2) is 0 Å². The van der Waals surface area contributed by atoms with E-state index in [0.717, 1.165) is 53.9 Å². The van der Waals surface area contributed by atoms with Crippen molar-refractivity contribution in [3.8, 4) is 11.1 Å². The maximum absolute atomic E-state index is 13.7. The summed E-state index contributed by atoms with van der Waals surface area (Å²) >= 11 is 0. The molecule has 0 saturated carbocycles. The van der Waals surface area contributed by atoms with E-state index >= 15 is 0 Å². The largest absolute Gasteiger partial charge is 0.481 e. The number of carbonyl (C=O) groups excluding carboxylic acids is 1. The van der Waals surface area contributed by atoms with E-state index in [9.17, 15) is 14.7 Å². The van der Waals surface area contributed by atoms with Crippen LogP contribution in [0.15, 0.2) is 30.3 Å². The van der Waals surface area contributed by atoms with Crippen LogP contribution in [-0.2, 0) is 24.2 Å². The van der Waals surface area contributed by atoms with Crippen LogP contribution in [0.3, 0.4) is 0 Å². The van der Waals surface area contributed by atoms with E-state index in [1.165, 1.54) is 83.5 Å². The molecule has 3 rings (SSSR count). The first kappa shape index (κ1) is 31.2. The van der Waals surface area contributed by atoms with Gasteiger partial charge in [0, 0.05) is 35.5 Å². The number of carbonyl (C=O) groups is 2. The van der Waals surface area contributed by atoms with E-state index < -0.39 is 5.97 Å². The van der Waals surface area contributed by atoms with Crippen molar-refractivity contribution < 1.29 is 14.7 Å². The molecule has 0 saturated heterocycles. The highest BCUT2D eigenvalue weighted by molar-refractivity contribution is 6.05. The molecule has 1 aromatic heterocycles. The number of hydrogen-bond donors (Lipinski definition) is 1. The molecule has 0 atom stereocenters. The van der Waals surface area contributed by atoms with Crippen LogP contribution in [0.4, 0.5) is 0 Å². The highest BCUT2D eigenvalue weighted by atomic mass is 16.4. The van der Waals surface area contributed by atoms with Gasteiger partial charge in [-0.1, -0.05) is 141 Å². The minimum atomic E-state index is -0.849. The first-order valence-corrected chi connectivity index (χ1v) is 15.9. The van der Waals surface area contributed by atoms with E-state index in [1.807, 2.05) is 30.3 Å². The number of aromatic nitrogens is 1. The molecule has 0 fully saturated rings. The summed E-state index contributed by atoms with van der Waals surface area (Å²) in [5, 5.41) is 9.70. The number of hydrogen-bond acceptors (Lipinski definition) is 2. The Bertz CT molecular complexity index is 1030. The lowest BCUT2D eigenvalue weighted by atomic mass is 9.86. The van der Waals surface area contributed by atoms with E-state index in [0.29, 0.717) is 6.42 Å². The maximum atomic E-state index is 13.7. The summed E-state index contributed by atoms with van der Waals surface area (Å²) in [6.45, 7) is 7.44. The number of rotatable bonds is 20. The minimum Gasteiger partial charge on any atom is -0.481 e. The topological polar surface area (TPSA) is 59.3 Å². The second-order valence-corrected chi connectivity index (χ2v) is 12.6. The van der Waals surface area contributed by atoms with Crippen LogP contribution >= 0.6 is 0 Å². The Kier molecular flexibility index (Phi) is 12.8. The standard InChI is InChI=1S/C35H53NO3/c1-4-5-6-7-8-9-10-11-12-13-14-15-16-17-21-24-31(37)34-30-26-35(2,3)27-36(30)29(25-32(38)39)33(34)28-22-19-18-20-23-28/h18-20,22-23H,4-17,21,24-27H2,1-3H3,(H,38,39). The first-order valence-electron chi connectivity index (χ1n) is 15.9. The fourth-order valence-corrected chi connectivity index (χ4v) is 6.36. The molecule has 0 bridgehead atoms. The number of benzene rings is 1. The molecule has 1 N–H and O–H groups in total. The molecule has 0 unspecified atom stereocenters. The molecule has 0 radical (unpaired) electrons. The van der Waals surface area contributed by atoms with Crippen molar-refractivity contribution in [2.45, 2.75) is 143 Å². The minimum absolute atomic E-state index is 0.0292. The number of ketones is 1. The fourth-order valence-electron chi connectivity index (χ4n) is 6.36. The maximum Gasteiger partial charge on any atom is 0.309 e. The molecule has 1 aromatic carbocycles. The number of carboxylic acids is 1. The lowest BCUT2D eigenvalue weighted by Gasteiger charge is -2.18. The Morgan fingerprint density at radius 3 is 1.82 bits per heavy atom. The number of carboxylic acid groups (broad SMARTS) is 1. The van der Waals surface area contributed by atoms with Gasteiger partial charge in [-0.05, 0) is 23.8 Å². The second-order valence-electron chi connectivity index (χ2n) is 12.6. The average molecular weight is 536 g/mol. The number of unbranched alkanes of at least 4 members (excludes halogenated alkanes) is 14. The summed E-state index contributed by atoms with van der Waals surface area (Å²) in [5.74, 6) is -0.666. The Labute approximate surface area is 237 Å². The SMILES string of the molecule is CCCCCCCCCCCCCCCCCC(=O)c1c(-c2ccccc2)c(CC(=O)O)n2c1CC(C)(C)C2. The lowest BCUT2D eigenvalue weighted by Crippen LogP contribution is -2.16. The Balaban J connectivity index is 1.47. The molecule has 0 amide bonds. The van der Waals surface area contributed by atoms with Gasteiger partial charge in [0.2, 0.25) is 0 Å². The molecule has 1 aliphatic heterocycles. The third-order valence-corrected chi connectivity index (χ3v) is 8.38. The third-order valence-electron chi connectivity index (χ3n) is 8.38. The van der Waals surface area contributed by atoms with Crippen LogP contribution in [0.2, 0.25) is 0 Å². The van der Waals surface area contributed by atoms with E-state index in [2.05, 4.69) is 25.3 Å². The highest BCUT2D eigenvalue weighted by Gasteiger charge is 2.37. The molecular weight excluding hydrogens is 482 g/mol. The molecule has 0 aliphatic carbocycles. The zero-order chi connectivity index (χ0) is 28.1. The molecule has 4 nitrogen and oxygen atoms in total. The van der Waals surface area contributed by atoms with Gasteiger partial charge >= 0.3 is 5.97 Å². The van der Waals surface area contributed by atoms with Gasteiger partial charge < -0.3 is 9.67 Å². The van der Waals surface area contributed by atoms with Crippen molar-refractivity contribution >= 4 is 11.8 Å². The molecule has 39 heavy (non-hydrogen) atoms. The van der Waals surface area contributed by atoms with Gasteiger partial charge in [0.1, 0.15) is 0 Å². The number of Topliss-reactive ketones (excluding diaryl/α,β-unsaturated/α-hetero) is 1. The van der Waals surface area contributed by atoms with Crippen LogP contribution in [-0.4, -0.2) is 21.4 Å². The van der Waals surface area contributed by atoms with Crippen LogP contribution in [0.5, 0.6) is 0 Å². The van der Waals surface area contributed by atoms with Gasteiger partial charge in [-0.15, -0.1) is 0 Å². The number of nitrogens with zero attached hydrogens (tertiary/aromatic N) is 1. The summed E-state index contributed by atoms with van der Waals surface area (Å²) in [7, 11) is 0. The zero-order valence-corrected chi connectivity index (χ0v) is 25.0. The lowest BCUT2D eigenvalue weighted by molar-refractivity contribution is -0.136. The normalized spacial score (nSPS) is 14.0. The average Bonchev–Trinajstić information content (AvgIpc) is 3.36. The summed E-state index contributed by atoms with van der Waals surface area (Å²) in [6, 6.07) is 9.91. The summed E-state index contributed by atoms with van der Waals surface area (Å²) in [5.41, 5.74) is 4.45. The molecule has 2 aromatic rings. The Morgan fingerprint density at radius 1 is 0.795 bits per heavy atom. The van der Waals surface area contributed by atoms with Crippen LogP contribution in [0.25, 0.3) is 11.1 Å². The first-order chi connectivity index (χ1) is 18.8. The fraction of sp³-hybridized carbons (Fsp3) is 0.657. The van der Waals surface area contributed by atoms with Crippen molar-refractivity contribution in [2.24, 2.45) is 5.41 Å². The van der Waals surface area contributed by atoms with Crippen LogP contribution < -0.4 is 0 Å². The van der Waals surface area contributed by atoms with Crippen molar-refractivity contribution in [1.29, 1.82) is 0 Å². The van der Waals surface area contributed by atoms with E-state index in [-0.39, 0.29) is 17.6 Å². The van der Waals surface area contributed by atoms with Gasteiger partial charge in [0.05, 0.1) is 6.42 Å². The number of fused-ring (bicyclic) bond motifs is 1. The van der Waals surface area contributed by atoms with Crippen molar-refractivity contribution in [1.82, 2.24) is 4.57 Å². The van der Waals surface area contributed by atoms with Gasteiger partial charge in [-0.3, -0.25) is 9.59 Å². The predicted octanol–water partition coefficient (Wildman–Crippen LogP) is 9.81. The van der Waals surface area contributed by atoms with Gasteiger partial charge in [0.15, 0.2) is 5.78 Å². The summed E-state index contributed by atoms with van der Waals surface area (Å²) in [4.78, 5) is 25.5. The Hall–Kier alpha value is -2.36. The van der Waals surface area contributed by atoms with E-state index in [4.69, 9.17) is 0 Å². The molecular formula is C35H53NO3. The predicted molar refractivity (Wildman–Crippen MR) is 163 cm³/mol. The highest BCUT2D eigenvalue weighted by Crippen LogP contribution is 2.43. The van der Waals surface area contributed by atoms with Crippen molar-refractivity contribution in [3.63, 3.8) is 0 Å². The van der Waals surface area contributed by atoms with E-state index in [1.54, 1.807) is 0 Å². The Morgan fingerprint density at radius 2 is 1.31 bits per heavy atom. The molecule has 216 valence electrons. The van der Waals surface area contributed by atoms with Gasteiger partial charge in [0.25, 0.3) is 0 Å². The summed E-state index contributed by atoms with van der Waals surface area (Å²) in [6.07, 6.45) is 20.9. The molecule has 0 spiro atoms. The zero-order valence-electron chi connectivity index (χ0n) is 25.0. The quantitative estimate of drug-likeness (QED) is 0.136. The van der Waals surface area contributed by atoms with Crippen LogP contribution in [0.1, 0.15) is 145 Å². The summed E-state index contributed by atoms with van der Waals surface area (Å²) < 4.78 is 2.15. The monoisotopic (exact) mass is 535 g/mol. The van der Waals surface area contributed by atoms with Crippen molar-refractivity contribution in [2.75, 3.05) is 0 Å². The molecule has 2 heterocycles. The third kappa shape index (κ3) is 9.65. The van der Waals surface area contributed by atoms with Crippen molar-refractivity contribution in [3.05, 3.63) is 47.3 Å². The van der Waals surface area contributed by atoms with Crippen LogP contribution in [0, 0.1) is 5.41 Å². The van der Waals surface area contributed by atoms with Gasteiger partial charge in [-0.2, -0.15) is 0 Å². The molecule has 1 aliphatic rings. The number of aliphatic carboxylic acids is 1. The molecule has 4 heteroatoms.